The predicted octanol–water partition coefficient (Wildman–Crippen LogP) is 6.35. The molecule has 7 aromatic carbocycles. The van der Waals surface area contributed by atoms with Gasteiger partial charge in [-0.1, -0.05) is 165 Å². The minimum atomic E-state index is 0.0755. The van der Waals surface area contributed by atoms with Crippen LogP contribution in [0.25, 0.3) is 22.3 Å². The predicted molar refractivity (Wildman–Crippen MR) is 233 cm³/mol. The highest BCUT2D eigenvalue weighted by atomic mass is 15.3. The lowest BCUT2D eigenvalue weighted by molar-refractivity contribution is 0.676. The summed E-state index contributed by atoms with van der Waals surface area (Å²) in [4.78, 5) is 5.53. The highest BCUT2D eigenvalue weighted by molar-refractivity contribution is 7.01. The first-order valence-corrected chi connectivity index (χ1v) is 19.6. The molecule has 0 saturated carbocycles. The normalized spacial score (nSPS) is 17.4. The average Bonchev–Trinajstić information content (AvgIpc) is 3.16. The summed E-state index contributed by atoms with van der Waals surface area (Å²) in [6.45, 7) is 14.0. The molecule has 0 N–H and O–H groups in total. The standard InChI is InChI=1S/C50H42B2N2/c1-29-23-31(3)45(32(4)24-29)51-39-19-11-13-21-41(39)53-44-28-36-16-8-10-18-38(36)48-50(44)54(43-27-35-15-7-9-17-37(35)47(51)49(43)53)42-22-14-12-20-40(42)52(48)46-33(5)25-30(2)26-34(46)6/h7-28,43,49H,1-6H3. The summed E-state index contributed by atoms with van der Waals surface area (Å²) in [6.07, 6.45) is 2.59. The molecule has 11 rings (SSSR count). The van der Waals surface area contributed by atoms with Crippen molar-refractivity contribution in [2.75, 3.05) is 9.80 Å². The lowest BCUT2D eigenvalue weighted by Gasteiger charge is -2.57. The van der Waals surface area contributed by atoms with Crippen LogP contribution in [-0.2, 0) is 0 Å². The van der Waals surface area contributed by atoms with Gasteiger partial charge in [-0.2, -0.15) is 0 Å². The van der Waals surface area contributed by atoms with Gasteiger partial charge in [0, 0.05) is 11.4 Å². The quantitative estimate of drug-likeness (QED) is 0.195. The Morgan fingerprint density at radius 1 is 0.481 bits per heavy atom. The van der Waals surface area contributed by atoms with Crippen molar-refractivity contribution in [1.82, 2.24) is 0 Å². The van der Waals surface area contributed by atoms with Gasteiger partial charge in [0.2, 0.25) is 13.4 Å². The molecule has 0 amide bonds. The van der Waals surface area contributed by atoms with E-state index < -0.39 is 0 Å². The largest absolute Gasteiger partial charge is 0.331 e. The Bertz CT molecular complexity index is 2860. The van der Waals surface area contributed by atoms with Crippen molar-refractivity contribution in [1.29, 1.82) is 0 Å². The number of hydrogen-bond donors (Lipinski definition) is 0. The monoisotopic (exact) mass is 692 g/mol. The van der Waals surface area contributed by atoms with E-state index in [-0.39, 0.29) is 25.5 Å². The van der Waals surface area contributed by atoms with E-state index in [1.807, 2.05) is 0 Å². The topological polar surface area (TPSA) is 6.48 Å². The number of benzene rings is 7. The van der Waals surface area contributed by atoms with Gasteiger partial charge < -0.3 is 9.80 Å². The van der Waals surface area contributed by atoms with E-state index >= 15 is 0 Å². The molecule has 4 heteroatoms. The van der Waals surface area contributed by atoms with Crippen LogP contribution in [0.2, 0.25) is 0 Å². The van der Waals surface area contributed by atoms with Crippen LogP contribution < -0.4 is 47.6 Å². The molecular formula is C50H42B2N2. The van der Waals surface area contributed by atoms with Crippen molar-refractivity contribution in [2.45, 2.75) is 53.6 Å². The van der Waals surface area contributed by atoms with E-state index in [2.05, 4.69) is 185 Å². The summed E-state index contributed by atoms with van der Waals surface area (Å²) in [5.74, 6) is 0. The van der Waals surface area contributed by atoms with E-state index in [1.165, 1.54) is 110 Å². The number of fused-ring (bicyclic) bond motifs is 9. The Morgan fingerprint density at radius 2 is 1.02 bits per heavy atom. The number of nitrogens with zero attached hydrogens (tertiary/aromatic N) is 2. The van der Waals surface area contributed by atoms with Crippen molar-refractivity contribution in [3.05, 3.63) is 171 Å². The van der Waals surface area contributed by atoms with Gasteiger partial charge in [-0.25, -0.2) is 0 Å². The van der Waals surface area contributed by atoms with Gasteiger partial charge in [-0.3, -0.25) is 0 Å². The van der Waals surface area contributed by atoms with Crippen LogP contribution in [-0.4, -0.2) is 25.5 Å². The fourth-order valence-electron chi connectivity index (χ4n) is 11.4. The third kappa shape index (κ3) is 4.20. The third-order valence-electron chi connectivity index (χ3n) is 13.0. The molecule has 0 aromatic heterocycles. The first kappa shape index (κ1) is 31.8. The van der Waals surface area contributed by atoms with Crippen LogP contribution >= 0.6 is 0 Å². The summed E-state index contributed by atoms with van der Waals surface area (Å²) >= 11 is 0. The van der Waals surface area contributed by atoms with Crippen LogP contribution in [0.3, 0.4) is 0 Å². The first-order valence-electron chi connectivity index (χ1n) is 19.6. The Labute approximate surface area is 319 Å². The Morgan fingerprint density at radius 3 is 1.70 bits per heavy atom. The van der Waals surface area contributed by atoms with Gasteiger partial charge in [-0.05, 0) is 97.3 Å². The van der Waals surface area contributed by atoms with Crippen molar-refractivity contribution in [3.8, 4) is 0 Å². The maximum Gasteiger partial charge on any atom is 0.248 e. The molecule has 1 aliphatic carbocycles. The highest BCUT2D eigenvalue weighted by Gasteiger charge is 2.53. The molecule has 2 unspecified atom stereocenters. The Kier molecular flexibility index (Phi) is 6.70. The minimum absolute atomic E-state index is 0.0755. The zero-order valence-corrected chi connectivity index (χ0v) is 31.9. The maximum absolute atomic E-state index is 2.76. The lowest BCUT2D eigenvalue weighted by Crippen LogP contribution is -2.70. The number of anilines is 4. The van der Waals surface area contributed by atoms with Gasteiger partial charge in [-0.15, -0.1) is 0 Å². The molecule has 0 fully saturated rings. The molecule has 2 nitrogen and oxygen atoms in total. The Balaban J connectivity index is 1.32. The summed E-state index contributed by atoms with van der Waals surface area (Å²) in [6, 6.07) is 49.2. The van der Waals surface area contributed by atoms with Crippen molar-refractivity contribution in [2.24, 2.45) is 0 Å². The number of aryl methyl sites for hydroxylation is 6. The van der Waals surface area contributed by atoms with Crippen molar-refractivity contribution < 1.29 is 0 Å². The number of rotatable bonds is 2. The van der Waals surface area contributed by atoms with E-state index in [9.17, 15) is 0 Å². The van der Waals surface area contributed by atoms with Gasteiger partial charge in [0.25, 0.3) is 0 Å². The summed E-state index contributed by atoms with van der Waals surface area (Å²) in [7, 11) is 0. The van der Waals surface area contributed by atoms with Crippen molar-refractivity contribution >= 4 is 85.8 Å². The molecule has 4 aliphatic rings. The molecule has 258 valence electrons. The SMILES string of the molecule is Cc1cc(C)c(B2C3=c4ccccc4=CC4C3N(c3ccccc32)c2cc3ccccc3c3c2N4c2ccccc2B3c2c(C)cc(C)cc2C)c(C)c1. The zero-order valence-electron chi connectivity index (χ0n) is 31.9. The van der Waals surface area contributed by atoms with Crippen LogP contribution in [0, 0.1) is 41.5 Å². The molecule has 3 heterocycles. The summed E-state index contributed by atoms with van der Waals surface area (Å²) in [5.41, 5.74) is 22.0. The fraction of sp³-hybridized carbons (Fsp3) is 0.160. The number of para-hydroxylation sites is 2. The molecule has 0 bridgehead atoms. The molecule has 0 saturated heterocycles. The van der Waals surface area contributed by atoms with E-state index in [0.29, 0.717) is 0 Å². The van der Waals surface area contributed by atoms with Gasteiger partial charge in [0.1, 0.15) is 0 Å². The lowest BCUT2D eigenvalue weighted by atomic mass is 9.30. The second-order valence-corrected chi connectivity index (χ2v) is 16.4. The van der Waals surface area contributed by atoms with Crippen LogP contribution in [0.4, 0.5) is 22.7 Å². The summed E-state index contributed by atoms with van der Waals surface area (Å²) in [5, 5.41) is 5.34. The fourth-order valence-corrected chi connectivity index (χ4v) is 11.4. The smallest absolute Gasteiger partial charge is 0.248 e. The maximum atomic E-state index is 2.76. The van der Waals surface area contributed by atoms with Crippen molar-refractivity contribution in [3.63, 3.8) is 0 Å². The molecule has 54 heavy (non-hydrogen) atoms. The molecule has 2 atom stereocenters. The Hall–Kier alpha value is -5.73. The molecule has 0 spiro atoms. The van der Waals surface area contributed by atoms with Crippen LogP contribution in [0.15, 0.2) is 127 Å². The van der Waals surface area contributed by atoms with E-state index in [4.69, 9.17) is 0 Å². The molecule has 7 aromatic rings. The second-order valence-electron chi connectivity index (χ2n) is 16.4. The zero-order chi connectivity index (χ0) is 36.6. The average molecular weight is 693 g/mol. The van der Waals surface area contributed by atoms with Crippen LogP contribution in [0.5, 0.6) is 0 Å². The van der Waals surface area contributed by atoms with Gasteiger partial charge in [0.15, 0.2) is 0 Å². The molecular weight excluding hydrogens is 650 g/mol. The van der Waals surface area contributed by atoms with Gasteiger partial charge >= 0.3 is 0 Å². The highest BCUT2D eigenvalue weighted by Crippen LogP contribution is 2.52. The number of hydrogen-bond acceptors (Lipinski definition) is 2. The van der Waals surface area contributed by atoms with Crippen LogP contribution in [0.1, 0.15) is 33.4 Å². The second kappa shape index (κ2) is 11.4. The molecule has 0 radical (unpaired) electrons. The van der Waals surface area contributed by atoms with E-state index in [0.717, 1.165) is 0 Å². The molecule has 3 aliphatic heterocycles. The van der Waals surface area contributed by atoms with Gasteiger partial charge in [0.05, 0.1) is 23.5 Å². The minimum Gasteiger partial charge on any atom is -0.331 e. The first-order chi connectivity index (χ1) is 26.3. The summed E-state index contributed by atoms with van der Waals surface area (Å²) < 4.78 is 0. The van der Waals surface area contributed by atoms with E-state index in [1.54, 1.807) is 0 Å². The third-order valence-corrected chi connectivity index (χ3v) is 13.0.